The maximum Gasteiger partial charge on any atom is 0.312 e. The first-order valence-corrected chi connectivity index (χ1v) is 7.11. The average molecular weight is 251 g/mol. The molecule has 1 aromatic rings. The molecule has 0 aliphatic heterocycles. The van der Waals surface area contributed by atoms with Crippen LogP contribution in [0.1, 0.15) is 69.9 Å². The van der Waals surface area contributed by atoms with Crippen molar-refractivity contribution >= 4 is 5.97 Å². The number of unbranched alkanes of at least 4 members (excludes halogenated alkanes) is 6. The van der Waals surface area contributed by atoms with Gasteiger partial charge in [0.2, 0.25) is 0 Å². The number of H-pyrrole nitrogens is 1. The van der Waals surface area contributed by atoms with Crippen molar-refractivity contribution in [1.82, 2.24) is 4.98 Å². The molecule has 1 heterocycles. The largest absolute Gasteiger partial charge is 0.481 e. The van der Waals surface area contributed by atoms with Gasteiger partial charge in [0.05, 0.1) is 5.92 Å². The summed E-state index contributed by atoms with van der Waals surface area (Å²) in [6, 6.07) is 3.72. The van der Waals surface area contributed by atoms with Gasteiger partial charge in [0.25, 0.3) is 0 Å². The fourth-order valence-electron chi connectivity index (χ4n) is 2.28. The number of aromatic amines is 1. The third kappa shape index (κ3) is 5.39. The molecule has 0 aliphatic rings. The average Bonchev–Trinajstić information content (AvgIpc) is 2.85. The van der Waals surface area contributed by atoms with E-state index in [9.17, 15) is 9.90 Å². The van der Waals surface area contributed by atoms with Crippen LogP contribution in [-0.4, -0.2) is 16.1 Å². The highest BCUT2D eigenvalue weighted by Crippen LogP contribution is 2.21. The number of hydrogen-bond acceptors (Lipinski definition) is 1. The number of aliphatic carboxylic acids is 1. The Morgan fingerprint density at radius 2 is 1.89 bits per heavy atom. The van der Waals surface area contributed by atoms with Gasteiger partial charge >= 0.3 is 5.97 Å². The highest BCUT2D eigenvalue weighted by Gasteiger charge is 2.19. The van der Waals surface area contributed by atoms with Crippen LogP contribution in [-0.2, 0) is 4.79 Å². The van der Waals surface area contributed by atoms with E-state index in [4.69, 9.17) is 0 Å². The molecule has 3 nitrogen and oxygen atoms in total. The van der Waals surface area contributed by atoms with E-state index in [1.165, 1.54) is 32.1 Å². The molecule has 0 spiro atoms. The van der Waals surface area contributed by atoms with Crippen molar-refractivity contribution in [1.29, 1.82) is 0 Å². The predicted molar refractivity (Wildman–Crippen MR) is 73.8 cm³/mol. The van der Waals surface area contributed by atoms with Gasteiger partial charge in [-0.15, -0.1) is 0 Å². The standard InChI is InChI=1S/C15H25NO2/c1-2-3-4-5-6-7-8-10-13(15(17)18)14-11-9-12-16-14/h9,11-13,16H,2-8,10H2,1H3,(H,17,18). The molecule has 1 rings (SSSR count). The molecule has 18 heavy (non-hydrogen) atoms. The van der Waals surface area contributed by atoms with Gasteiger partial charge in [-0.05, 0) is 18.6 Å². The van der Waals surface area contributed by atoms with E-state index in [1.54, 1.807) is 6.20 Å². The van der Waals surface area contributed by atoms with E-state index in [0.29, 0.717) is 0 Å². The summed E-state index contributed by atoms with van der Waals surface area (Å²) >= 11 is 0. The number of nitrogens with one attached hydrogen (secondary N) is 1. The lowest BCUT2D eigenvalue weighted by Gasteiger charge is -2.10. The molecule has 0 amide bonds. The van der Waals surface area contributed by atoms with Crippen molar-refractivity contribution in [2.75, 3.05) is 0 Å². The van der Waals surface area contributed by atoms with Gasteiger partial charge in [-0.2, -0.15) is 0 Å². The van der Waals surface area contributed by atoms with E-state index in [0.717, 1.165) is 25.0 Å². The third-order valence-electron chi connectivity index (χ3n) is 3.39. The van der Waals surface area contributed by atoms with Crippen molar-refractivity contribution in [2.45, 2.75) is 64.2 Å². The Bertz CT molecular complexity index is 319. The zero-order valence-corrected chi connectivity index (χ0v) is 11.3. The summed E-state index contributed by atoms with van der Waals surface area (Å²) in [5, 5.41) is 9.20. The molecule has 2 N–H and O–H groups in total. The highest BCUT2D eigenvalue weighted by atomic mass is 16.4. The topological polar surface area (TPSA) is 53.1 Å². The quantitative estimate of drug-likeness (QED) is 0.608. The van der Waals surface area contributed by atoms with E-state index in [2.05, 4.69) is 11.9 Å². The molecule has 0 bridgehead atoms. The molecule has 0 aliphatic carbocycles. The predicted octanol–water partition coefficient (Wildman–Crippen LogP) is 4.32. The lowest BCUT2D eigenvalue weighted by molar-refractivity contribution is -0.139. The summed E-state index contributed by atoms with van der Waals surface area (Å²) in [4.78, 5) is 14.2. The Kier molecular flexibility index (Phi) is 7.23. The van der Waals surface area contributed by atoms with E-state index in [1.807, 2.05) is 12.1 Å². The summed E-state index contributed by atoms with van der Waals surface area (Å²) in [5.74, 6) is -1.08. The van der Waals surface area contributed by atoms with E-state index < -0.39 is 5.97 Å². The Balaban J connectivity index is 2.17. The van der Waals surface area contributed by atoms with Crippen molar-refractivity contribution in [3.05, 3.63) is 24.0 Å². The molecule has 1 aromatic heterocycles. The van der Waals surface area contributed by atoms with Gasteiger partial charge in [0.15, 0.2) is 0 Å². The molecule has 0 aromatic carbocycles. The number of rotatable bonds is 10. The SMILES string of the molecule is CCCCCCCCCC(C(=O)O)c1ccc[nH]1. The minimum atomic E-state index is -0.719. The molecule has 3 heteroatoms. The molecule has 0 saturated carbocycles. The first kappa shape index (κ1) is 14.8. The minimum Gasteiger partial charge on any atom is -0.481 e. The fraction of sp³-hybridized carbons (Fsp3) is 0.667. The van der Waals surface area contributed by atoms with Crippen molar-refractivity contribution in [2.24, 2.45) is 0 Å². The molecular formula is C15H25NO2. The molecule has 0 saturated heterocycles. The van der Waals surface area contributed by atoms with Crippen molar-refractivity contribution in [3.8, 4) is 0 Å². The van der Waals surface area contributed by atoms with Crippen molar-refractivity contribution < 1.29 is 9.90 Å². The summed E-state index contributed by atoms with van der Waals surface area (Å²) in [5.41, 5.74) is 0.827. The monoisotopic (exact) mass is 251 g/mol. The van der Waals surface area contributed by atoms with Gasteiger partial charge in [0.1, 0.15) is 0 Å². The zero-order chi connectivity index (χ0) is 13.2. The Labute approximate surface area is 110 Å². The number of hydrogen-bond donors (Lipinski definition) is 2. The van der Waals surface area contributed by atoms with Crippen LogP contribution in [0.2, 0.25) is 0 Å². The number of carboxylic acid groups (broad SMARTS) is 1. The normalized spacial score (nSPS) is 12.5. The maximum atomic E-state index is 11.2. The Morgan fingerprint density at radius 3 is 2.44 bits per heavy atom. The lowest BCUT2D eigenvalue weighted by atomic mass is 9.97. The molecule has 1 unspecified atom stereocenters. The first-order valence-electron chi connectivity index (χ1n) is 7.11. The van der Waals surface area contributed by atoms with E-state index in [-0.39, 0.29) is 5.92 Å². The second-order valence-electron chi connectivity index (χ2n) is 4.93. The van der Waals surface area contributed by atoms with Crippen LogP contribution < -0.4 is 0 Å². The van der Waals surface area contributed by atoms with Gasteiger partial charge in [-0.25, -0.2) is 0 Å². The second-order valence-corrected chi connectivity index (χ2v) is 4.93. The molecule has 0 fully saturated rings. The van der Waals surface area contributed by atoms with Gasteiger partial charge in [-0.3, -0.25) is 4.79 Å². The molecule has 102 valence electrons. The van der Waals surface area contributed by atoms with Crippen LogP contribution in [0.5, 0.6) is 0 Å². The first-order chi connectivity index (χ1) is 8.75. The zero-order valence-electron chi connectivity index (χ0n) is 11.3. The smallest absolute Gasteiger partial charge is 0.312 e. The second kappa shape index (κ2) is 8.78. The van der Waals surface area contributed by atoms with Crippen LogP contribution in [0.3, 0.4) is 0 Å². The highest BCUT2D eigenvalue weighted by molar-refractivity contribution is 5.75. The molecular weight excluding hydrogens is 226 g/mol. The van der Waals surface area contributed by atoms with Crippen molar-refractivity contribution in [3.63, 3.8) is 0 Å². The van der Waals surface area contributed by atoms with E-state index >= 15 is 0 Å². The van der Waals surface area contributed by atoms with Crippen LogP contribution in [0.25, 0.3) is 0 Å². The number of carbonyl (C=O) groups is 1. The van der Waals surface area contributed by atoms with Gasteiger partial charge in [0, 0.05) is 11.9 Å². The summed E-state index contributed by atoms with van der Waals surface area (Å²) in [6.07, 6.45) is 11.1. The lowest BCUT2D eigenvalue weighted by Crippen LogP contribution is -2.11. The van der Waals surface area contributed by atoms with Crippen LogP contribution in [0.15, 0.2) is 18.3 Å². The summed E-state index contributed by atoms with van der Waals surface area (Å²) in [7, 11) is 0. The minimum absolute atomic E-state index is 0.365. The molecule has 1 atom stereocenters. The molecule has 0 radical (unpaired) electrons. The Hall–Kier alpha value is -1.25. The third-order valence-corrected chi connectivity index (χ3v) is 3.39. The van der Waals surface area contributed by atoms with Crippen LogP contribution >= 0.6 is 0 Å². The fourth-order valence-corrected chi connectivity index (χ4v) is 2.28. The maximum absolute atomic E-state index is 11.2. The number of aromatic nitrogens is 1. The van der Waals surface area contributed by atoms with Gasteiger partial charge < -0.3 is 10.1 Å². The summed E-state index contributed by atoms with van der Waals surface area (Å²) in [6.45, 7) is 2.22. The summed E-state index contributed by atoms with van der Waals surface area (Å²) < 4.78 is 0. The van der Waals surface area contributed by atoms with Crippen LogP contribution in [0.4, 0.5) is 0 Å². The Morgan fingerprint density at radius 1 is 1.22 bits per heavy atom. The number of carboxylic acids is 1. The van der Waals surface area contributed by atoms with Crippen LogP contribution in [0, 0.1) is 0 Å². The van der Waals surface area contributed by atoms with Gasteiger partial charge in [-0.1, -0.05) is 51.9 Å².